The van der Waals surface area contributed by atoms with E-state index in [9.17, 15) is 10.2 Å². The number of phenolic OH excluding ortho intramolecular Hbond substituents is 2. The largest absolute Gasteiger partial charge is 0.506 e. The van der Waals surface area contributed by atoms with E-state index in [1.165, 1.54) is 5.57 Å². The van der Waals surface area contributed by atoms with Crippen molar-refractivity contribution in [2.24, 2.45) is 5.92 Å². The summed E-state index contributed by atoms with van der Waals surface area (Å²) < 4.78 is 1.78. The fourth-order valence-corrected chi connectivity index (χ4v) is 5.90. The zero-order valence-corrected chi connectivity index (χ0v) is 19.6. The lowest BCUT2D eigenvalue weighted by Crippen LogP contribution is -2.18. The molecule has 25 heavy (non-hydrogen) atoms. The topological polar surface area (TPSA) is 40.5 Å². The van der Waals surface area contributed by atoms with Gasteiger partial charge in [0.25, 0.3) is 0 Å². The Labute approximate surface area is 179 Å². The van der Waals surface area contributed by atoms with Crippen molar-refractivity contribution in [1.29, 1.82) is 0 Å². The number of halogens is 2. The summed E-state index contributed by atoms with van der Waals surface area (Å²) in [6.45, 7) is 10.5. The van der Waals surface area contributed by atoms with Crippen molar-refractivity contribution in [3.8, 4) is 11.5 Å². The van der Waals surface area contributed by atoms with Crippen molar-refractivity contribution >= 4 is 45.2 Å². The third-order valence-electron chi connectivity index (χ3n) is 5.20. The molecule has 138 valence electrons. The molecule has 0 saturated heterocycles. The van der Waals surface area contributed by atoms with Crippen LogP contribution in [0.25, 0.3) is 0 Å². The number of phenols is 2. The summed E-state index contributed by atoms with van der Waals surface area (Å²) in [7, 11) is 0. The van der Waals surface area contributed by atoms with E-state index in [2.05, 4.69) is 78.6 Å². The van der Waals surface area contributed by atoms with Crippen molar-refractivity contribution in [3.63, 3.8) is 0 Å². The Morgan fingerprint density at radius 3 is 2.32 bits per heavy atom. The SMILES string of the molecule is C=C(C)[C@@H]1CCC(C)=C[C@H]1c1c(O)c(I)c(CCCCC)c(I)c1O. The van der Waals surface area contributed by atoms with E-state index >= 15 is 0 Å². The van der Waals surface area contributed by atoms with Gasteiger partial charge in [0.05, 0.1) is 7.14 Å². The van der Waals surface area contributed by atoms with Crippen LogP contribution in [-0.2, 0) is 6.42 Å². The van der Waals surface area contributed by atoms with Gasteiger partial charge in [0, 0.05) is 11.5 Å². The van der Waals surface area contributed by atoms with Gasteiger partial charge in [0.15, 0.2) is 0 Å². The Bertz CT molecular complexity index is 663. The molecule has 4 heteroatoms. The first-order chi connectivity index (χ1) is 11.8. The van der Waals surface area contributed by atoms with Gasteiger partial charge in [-0.15, -0.1) is 0 Å². The maximum Gasteiger partial charge on any atom is 0.136 e. The van der Waals surface area contributed by atoms with E-state index in [-0.39, 0.29) is 23.3 Å². The molecular formula is C21H28I2O2. The third kappa shape index (κ3) is 4.54. The molecule has 0 saturated carbocycles. The summed E-state index contributed by atoms with van der Waals surface area (Å²) in [6.07, 6.45) is 8.59. The maximum atomic E-state index is 10.9. The molecule has 0 spiro atoms. The van der Waals surface area contributed by atoms with Gasteiger partial charge in [-0.2, -0.15) is 0 Å². The Balaban J connectivity index is 2.54. The lowest BCUT2D eigenvalue weighted by atomic mass is 9.73. The molecule has 0 bridgehead atoms. The van der Waals surface area contributed by atoms with Gasteiger partial charge in [-0.1, -0.05) is 43.6 Å². The van der Waals surface area contributed by atoms with Crippen LogP contribution in [0.2, 0.25) is 0 Å². The summed E-state index contributed by atoms with van der Waals surface area (Å²) >= 11 is 4.48. The van der Waals surface area contributed by atoms with Crippen molar-refractivity contribution in [1.82, 2.24) is 0 Å². The van der Waals surface area contributed by atoms with Crippen LogP contribution in [0.3, 0.4) is 0 Å². The lowest BCUT2D eigenvalue weighted by molar-refractivity contribution is 0.401. The van der Waals surface area contributed by atoms with E-state index in [1.54, 1.807) is 0 Å². The van der Waals surface area contributed by atoms with Crippen LogP contribution >= 0.6 is 45.2 Å². The summed E-state index contributed by atoms with van der Waals surface area (Å²) in [5.41, 5.74) is 4.19. The first-order valence-corrected chi connectivity index (χ1v) is 11.2. The molecule has 2 rings (SSSR count). The molecule has 0 unspecified atom stereocenters. The van der Waals surface area contributed by atoms with Gasteiger partial charge in [-0.05, 0) is 96.2 Å². The summed E-state index contributed by atoms with van der Waals surface area (Å²) in [6, 6.07) is 0. The monoisotopic (exact) mass is 566 g/mol. The van der Waals surface area contributed by atoms with Crippen LogP contribution in [0.1, 0.15) is 69.9 Å². The molecular weight excluding hydrogens is 538 g/mol. The zero-order chi connectivity index (χ0) is 18.7. The fourth-order valence-electron chi connectivity index (χ4n) is 3.72. The van der Waals surface area contributed by atoms with Gasteiger partial charge in [-0.25, -0.2) is 0 Å². The Morgan fingerprint density at radius 1 is 1.20 bits per heavy atom. The van der Waals surface area contributed by atoms with Crippen LogP contribution in [-0.4, -0.2) is 10.2 Å². The number of unbranched alkanes of at least 4 members (excludes halogenated alkanes) is 2. The number of hydrogen-bond donors (Lipinski definition) is 2. The molecule has 2 nitrogen and oxygen atoms in total. The molecule has 0 fully saturated rings. The van der Waals surface area contributed by atoms with E-state index in [0.717, 1.165) is 56.8 Å². The molecule has 0 aliphatic heterocycles. The minimum Gasteiger partial charge on any atom is -0.506 e. The molecule has 2 atom stereocenters. The second kappa shape index (κ2) is 9.11. The Hall–Kier alpha value is -0.240. The van der Waals surface area contributed by atoms with Crippen LogP contribution in [0, 0.1) is 13.1 Å². The second-order valence-corrected chi connectivity index (χ2v) is 9.36. The third-order valence-corrected chi connectivity index (χ3v) is 7.52. The highest BCUT2D eigenvalue weighted by atomic mass is 127. The average molecular weight is 566 g/mol. The van der Waals surface area contributed by atoms with E-state index in [4.69, 9.17) is 0 Å². The summed E-state index contributed by atoms with van der Waals surface area (Å²) in [5.74, 6) is 0.774. The van der Waals surface area contributed by atoms with E-state index < -0.39 is 0 Å². The highest BCUT2D eigenvalue weighted by Gasteiger charge is 2.32. The van der Waals surface area contributed by atoms with Crippen LogP contribution < -0.4 is 0 Å². The molecule has 1 aliphatic rings. The summed E-state index contributed by atoms with van der Waals surface area (Å²) in [4.78, 5) is 0. The molecule has 0 amide bonds. The molecule has 0 aromatic heterocycles. The summed E-state index contributed by atoms with van der Waals surface area (Å²) in [5, 5.41) is 21.9. The second-order valence-electron chi connectivity index (χ2n) is 7.20. The van der Waals surface area contributed by atoms with Crippen molar-refractivity contribution < 1.29 is 10.2 Å². The normalized spacial score (nSPS) is 20.4. The first-order valence-electron chi connectivity index (χ1n) is 9.03. The number of hydrogen-bond acceptors (Lipinski definition) is 2. The predicted molar refractivity (Wildman–Crippen MR) is 122 cm³/mol. The lowest BCUT2D eigenvalue weighted by Gasteiger charge is -2.32. The quantitative estimate of drug-likeness (QED) is 0.220. The number of allylic oxidation sites excluding steroid dienone is 3. The highest BCUT2D eigenvalue weighted by Crippen LogP contribution is 2.50. The first kappa shape index (κ1) is 21.1. The van der Waals surface area contributed by atoms with Crippen molar-refractivity contribution in [3.05, 3.63) is 42.1 Å². The minimum atomic E-state index is -0.00188. The van der Waals surface area contributed by atoms with Gasteiger partial charge in [-0.3, -0.25) is 0 Å². The van der Waals surface area contributed by atoms with Crippen molar-refractivity contribution in [2.75, 3.05) is 0 Å². The van der Waals surface area contributed by atoms with Crippen LogP contribution in [0.5, 0.6) is 11.5 Å². The predicted octanol–water partition coefficient (Wildman–Crippen LogP) is 7.06. The van der Waals surface area contributed by atoms with Gasteiger partial charge >= 0.3 is 0 Å². The Kier molecular flexibility index (Phi) is 7.67. The van der Waals surface area contributed by atoms with E-state index in [0.29, 0.717) is 5.56 Å². The van der Waals surface area contributed by atoms with Gasteiger partial charge in [0.2, 0.25) is 0 Å². The minimum absolute atomic E-state index is 0.00188. The highest BCUT2D eigenvalue weighted by molar-refractivity contribution is 14.1. The molecule has 1 aliphatic carbocycles. The standard InChI is InChI=1S/C21H28I2O2/c1-5-6-7-8-15-18(22)20(24)17(21(25)19(15)23)16-11-13(4)9-10-14(16)12(2)3/h11,14,16,24-25H,2,5-10H2,1,3-4H3/t14-,16+/m0/s1. The van der Waals surface area contributed by atoms with Crippen LogP contribution in [0.4, 0.5) is 0 Å². The van der Waals surface area contributed by atoms with Gasteiger partial charge in [0.1, 0.15) is 11.5 Å². The molecule has 1 aromatic carbocycles. The Morgan fingerprint density at radius 2 is 1.80 bits per heavy atom. The van der Waals surface area contributed by atoms with Gasteiger partial charge < -0.3 is 10.2 Å². The molecule has 2 N–H and O–H groups in total. The number of aromatic hydroxyl groups is 2. The molecule has 0 radical (unpaired) electrons. The average Bonchev–Trinajstić information content (AvgIpc) is 2.56. The van der Waals surface area contributed by atoms with Crippen molar-refractivity contribution in [2.45, 2.75) is 65.2 Å². The molecule has 0 heterocycles. The number of benzene rings is 1. The maximum absolute atomic E-state index is 10.9. The van der Waals surface area contributed by atoms with Crippen LogP contribution in [0.15, 0.2) is 23.8 Å². The zero-order valence-electron chi connectivity index (χ0n) is 15.3. The molecule has 1 aromatic rings. The van der Waals surface area contributed by atoms with E-state index in [1.807, 2.05) is 0 Å². The smallest absolute Gasteiger partial charge is 0.136 e. The number of rotatable bonds is 6. The fraction of sp³-hybridized carbons (Fsp3) is 0.524.